The number of benzene rings is 1. The summed E-state index contributed by atoms with van der Waals surface area (Å²) in [6, 6.07) is 5.34. The molecule has 0 unspecified atom stereocenters. The Morgan fingerprint density at radius 3 is 2.71 bits per heavy atom. The second-order valence-corrected chi connectivity index (χ2v) is 6.59. The summed E-state index contributed by atoms with van der Waals surface area (Å²) in [6.45, 7) is 4.56. The van der Waals surface area contributed by atoms with Gasteiger partial charge in [-0.1, -0.05) is 6.07 Å². The number of carboxylic acid groups (broad SMARTS) is 1. The lowest BCUT2D eigenvalue weighted by atomic mass is 10.2. The Morgan fingerprint density at radius 2 is 2.05 bits per heavy atom. The molecule has 0 radical (unpaired) electrons. The van der Waals surface area contributed by atoms with Gasteiger partial charge in [0.15, 0.2) is 0 Å². The Bertz CT molecular complexity index is 597. The van der Waals surface area contributed by atoms with Crippen LogP contribution in [0.25, 0.3) is 0 Å². The van der Waals surface area contributed by atoms with E-state index in [1.807, 2.05) is 0 Å². The molecule has 1 saturated heterocycles. The number of sulfonamides is 1. The standard InChI is InChI=1S/C13H19N3O4S/c17-13(18)11-2-1-3-12(10-11)21(19,20)15-6-9-16-7-4-14-5-8-16/h1-3,10,14-15H,4-9H2,(H,17,18). The molecule has 0 bridgehead atoms. The summed E-state index contributed by atoms with van der Waals surface area (Å²) < 4.78 is 26.7. The number of hydrogen-bond donors (Lipinski definition) is 3. The van der Waals surface area contributed by atoms with Crippen LogP contribution in [0.5, 0.6) is 0 Å². The smallest absolute Gasteiger partial charge is 0.335 e. The fourth-order valence-electron chi connectivity index (χ4n) is 2.15. The van der Waals surface area contributed by atoms with Crippen molar-refractivity contribution in [1.29, 1.82) is 0 Å². The Hall–Kier alpha value is -1.48. The summed E-state index contributed by atoms with van der Waals surface area (Å²) in [4.78, 5) is 13.0. The van der Waals surface area contributed by atoms with Gasteiger partial charge >= 0.3 is 5.97 Å². The van der Waals surface area contributed by atoms with Gasteiger partial charge in [0.05, 0.1) is 10.5 Å². The zero-order chi connectivity index (χ0) is 15.3. The van der Waals surface area contributed by atoms with Crippen LogP contribution in [0.1, 0.15) is 10.4 Å². The fourth-order valence-corrected chi connectivity index (χ4v) is 3.22. The third-order valence-corrected chi connectivity index (χ3v) is 4.78. The van der Waals surface area contributed by atoms with E-state index in [0.29, 0.717) is 13.1 Å². The van der Waals surface area contributed by atoms with Crippen molar-refractivity contribution < 1.29 is 18.3 Å². The molecule has 7 nitrogen and oxygen atoms in total. The number of nitrogens with zero attached hydrogens (tertiary/aromatic N) is 1. The molecule has 21 heavy (non-hydrogen) atoms. The summed E-state index contributed by atoms with van der Waals surface area (Å²) in [5.74, 6) is -1.15. The van der Waals surface area contributed by atoms with Gasteiger partial charge in [-0.2, -0.15) is 0 Å². The average molecular weight is 313 g/mol. The van der Waals surface area contributed by atoms with Gasteiger partial charge in [-0.15, -0.1) is 0 Å². The minimum Gasteiger partial charge on any atom is -0.478 e. The first kappa shape index (κ1) is 15.9. The fraction of sp³-hybridized carbons (Fsp3) is 0.462. The molecule has 1 fully saturated rings. The monoisotopic (exact) mass is 313 g/mol. The molecule has 1 aliphatic heterocycles. The maximum atomic E-state index is 12.1. The highest BCUT2D eigenvalue weighted by atomic mass is 32.2. The van der Waals surface area contributed by atoms with E-state index < -0.39 is 16.0 Å². The van der Waals surface area contributed by atoms with Crippen LogP contribution in [0.15, 0.2) is 29.2 Å². The molecule has 3 N–H and O–H groups in total. The molecule has 0 amide bonds. The van der Waals surface area contributed by atoms with Crippen molar-refractivity contribution in [3.63, 3.8) is 0 Å². The predicted molar refractivity (Wildman–Crippen MR) is 77.9 cm³/mol. The zero-order valence-electron chi connectivity index (χ0n) is 11.6. The van der Waals surface area contributed by atoms with E-state index in [0.717, 1.165) is 32.2 Å². The molecule has 1 heterocycles. The molecular weight excluding hydrogens is 294 g/mol. The van der Waals surface area contributed by atoms with Crippen LogP contribution >= 0.6 is 0 Å². The largest absolute Gasteiger partial charge is 0.478 e. The number of carboxylic acids is 1. The number of rotatable bonds is 6. The maximum absolute atomic E-state index is 12.1. The number of hydrogen-bond acceptors (Lipinski definition) is 5. The van der Waals surface area contributed by atoms with E-state index in [1.165, 1.54) is 18.2 Å². The summed E-state index contributed by atoms with van der Waals surface area (Å²) in [5.41, 5.74) is -0.0417. The Kier molecular flexibility index (Phi) is 5.29. The van der Waals surface area contributed by atoms with Gasteiger partial charge in [-0.3, -0.25) is 4.90 Å². The minimum absolute atomic E-state index is 0.0253. The first-order valence-electron chi connectivity index (χ1n) is 6.75. The molecular formula is C13H19N3O4S. The van der Waals surface area contributed by atoms with Gasteiger partial charge in [0.1, 0.15) is 0 Å². The van der Waals surface area contributed by atoms with Gasteiger partial charge in [0.25, 0.3) is 0 Å². The Labute approximate surface area is 124 Å². The maximum Gasteiger partial charge on any atom is 0.335 e. The minimum atomic E-state index is -3.67. The molecule has 8 heteroatoms. The highest BCUT2D eigenvalue weighted by Crippen LogP contribution is 2.11. The topological polar surface area (TPSA) is 98.7 Å². The second-order valence-electron chi connectivity index (χ2n) is 4.82. The predicted octanol–water partition coefficient (Wildman–Crippen LogP) is -0.432. The van der Waals surface area contributed by atoms with E-state index in [1.54, 1.807) is 0 Å². The summed E-state index contributed by atoms with van der Waals surface area (Å²) >= 11 is 0. The van der Waals surface area contributed by atoms with Gasteiger partial charge < -0.3 is 10.4 Å². The van der Waals surface area contributed by atoms with Gasteiger partial charge in [0, 0.05) is 39.3 Å². The van der Waals surface area contributed by atoms with Crippen LogP contribution in [-0.4, -0.2) is 63.7 Å². The van der Waals surface area contributed by atoms with E-state index in [9.17, 15) is 13.2 Å². The van der Waals surface area contributed by atoms with Crippen molar-refractivity contribution >= 4 is 16.0 Å². The normalized spacial score (nSPS) is 16.8. The molecule has 0 saturated carbocycles. The van der Waals surface area contributed by atoms with Crippen LogP contribution in [0.3, 0.4) is 0 Å². The first-order chi connectivity index (χ1) is 9.99. The molecule has 0 atom stereocenters. The summed E-state index contributed by atoms with van der Waals surface area (Å²) in [6.07, 6.45) is 0. The van der Waals surface area contributed by atoms with Crippen molar-refractivity contribution in [2.45, 2.75) is 4.90 Å². The van der Waals surface area contributed by atoms with Crippen LogP contribution in [-0.2, 0) is 10.0 Å². The van der Waals surface area contributed by atoms with E-state index in [-0.39, 0.29) is 10.5 Å². The molecule has 1 aromatic rings. The molecule has 0 spiro atoms. The zero-order valence-corrected chi connectivity index (χ0v) is 12.4. The number of piperazine rings is 1. The second kappa shape index (κ2) is 6.99. The lowest BCUT2D eigenvalue weighted by molar-refractivity contribution is 0.0696. The van der Waals surface area contributed by atoms with E-state index in [4.69, 9.17) is 5.11 Å². The lowest BCUT2D eigenvalue weighted by Crippen LogP contribution is -2.46. The third kappa shape index (κ3) is 4.50. The Morgan fingerprint density at radius 1 is 1.33 bits per heavy atom. The SMILES string of the molecule is O=C(O)c1cccc(S(=O)(=O)NCCN2CCNCC2)c1. The van der Waals surface area contributed by atoms with Crippen LogP contribution in [0.4, 0.5) is 0 Å². The first-order valence-corrected chi connectivity index (χ1v) is 8.23. The summed E-state index contributed by atoms with van der Waals surface area (Å²) in [5, 5.41) is 12.1. The molecule has 116 valence electrons. The highest BCUT2D eigenvalue weighted by molar-refractivity contribution is 7.89. The van der Waals surface area contributed by atoms with E-state index >= 15 is 0 Å². The van der Waals surface area contributed by atoms with Crippen molar-refractivity contribution in [2.75, 3.05) is 39.3 Å². The quantitative estimate of drug-likeness (QED) is 0.659. The number of nitrogens with one attached hydrogen (secondary N) is 2. The molecule has 2 rings (SSSR count). The van der Waals surface area contributed by atoms with E-state index in [2.05, 4.69) is 14.9 Å². The van der Waals surface area contributed by atoms with Crippen molar-refractivity contribution in [1.82, 2.24) is 14.9 Å². The van der Waals surface area contributed by atoms with Gasteiger partial charge in [0.2, 0.25) is 10.0 Å². The summed E-state index contributed by atoms with van der Waals surface area (Å²) in [7, 11) is -3.67. The lowest BCUT2D eigenvalue weighted by Gasteiger charge is -2.27. The molecule has 1 aromatic carbocycles. The van der Waals surface area contributed by atoms with Crippen molar-refractivity contribution in [3.05, 3.63) is 29.8 Å². The van der Waals surface area contributed by atoms with Crippen LogP contribution in [0, 0.1) is 0 Å². The number of aromatic carboxylic acids is 1. The van der Waals surface area contributed by atoms with Crippen LogP contribution in [0.2, 0.25) is 0 Å². The van der Waals surface area contributed by atoms with Gasteiger partial charge in [-0.05, 0) is 18.2 Å². The molecule has 1 aliphatic rings. The average Bonchev–Trinajstić information content (AvgIpc) is 2.48. The van der Waals surface area contributed by atoms with Crippen LogP contribution < -0.4 is 10.0 Å². The third-order valence-electron chi connectivity index (χ3n) is 3.32. The van der Waals surface area contributed by atoms with Crippen molar-refractivity contribution in [3.8, 4) is 0 Å². The Balaban J connectivity index is 1.94. The number of carbonyl (C=O) groups is 1. The van der Waals surface area contributed by atoms with Crippen molar-refractivity contribution in [2.24, 2.45) is 0 Å². The van der Waals surface area contributed by atoms with Gasteiger partial charge in [-0.25, -0.2) is 17.9 Å². The molecule has 0 aromatic heterocycles. The highest BCUT2D eigenvalue weighted by Gasteiger charge is 2.16. The molecule has 0 aliphatic carbocycles.